The van der Waals surface area contributed by atoms with Crippen LogP contribution in [0.4, 0.5) is 4.79 Å². The van der Waals surface area contributed by atoms with Gasteiger partial charge < -0.3 is 30.8 Å². The van der Waals surface area contributed by atoms with Gasteiger partial charge in [0.15, 0.2) is 0 Å². The quantitative estimate of drug-likeness (QED) is 0.106. The number of para-hydroxylation sites is 1. The van der Waals surface area contributed by atoms with Crippen molar-refractivity contribution < 1.29 is 23.9 Å². The highest BCUT2D eigenvalue weighted by Crippen LogP contribution is 2.55. The largest absolute Gasteiger partial charge is 0.514 e. The van der Waals surface area contributed by atoms with E-state index in [-0.39, 0.29) is 24.5 Å². The summed E-state index contributed by atoms with van der Waals surface area (Å²) in [5, 5.41) is 7.51. The Hall–Kier alpha value is -4.15. The monoisotopic (exact) mass is 712 g/mol. The lowest BCUT2D eigenvalue weighted by Crippen LogP contribution is -2.63. The Kier molecular flexibility index (Phi) is 9.29. The SMILES string of the molecule is N[C@@H](Cc1ccc(OC(=O)OCc2ccc(Br)cc2)cc1)C(=O)N[C@H](Cc1c[nH]c2ccccc12)C(=O)NC12CC3CC(CC(C3)C1)C2. The topological polar surface area (TPSA) is 136 Å². The van der Waals surface area contributed by atoms with Crippen molar-refractivity contribution in [2.75, 3.05) is 0 Å². The molecule has 1 aromatic heterocycles. The Morgan fingerprint density at radius 3 is 2.19 bits per heavy atom. The lowest BCUT2D eigenvalue weighted by molar-refractivity contribution is -0.133. The number of amides is 2. The van der Waals surface area contributed by atoms with Crippen molar-refractivity contribution in [1.29, 1.82) is 0 Å². The van der Waals surface area contributed by atoms with Gasteiger partial charge in [0.25, 0.3) is 0 Å². The van der Waals surface area contributed by atoms with Gasteiger partial charge in [0.1, 0.15) is 18.4 Å². The molecule has 5 N–H and O–H groups in total. The fourth-order valence-electron chi connectivity index (χ4n) is 8.51. The number of fused-ring (bicyclic) bond motifs is 1. The summed E-state index contributed by atoms with van der Waals surface area (Å²) in [5.74, 6) is 1.84. The van der Waals surface area contributed by atoms with Gasteiger partial charge in [-0.1, -0.05) is 58.4 Å². The van der Waals surface area contributed by atoms with Crippen LogP contribution in [0.5, 0.6) is 5.75 Å². The molecule has 2 amide bonds. The van der Waals surface area contributed by atoms with E-state index >= 15 is 0 Å². The fourth-order valence-corrected chi connectivity index (χ4v) is 8.77. The second kappa shape index (κ2) is 13.8. The smallest absolute Gasteiger partial charge is 0.429 e. The zero-order valence-corrected chi connectivity index (χ0v) is 28.3. The first-order valence-corrected chi connectivity index (χ1v) is 17.6. The average molecular weight is 714 g/mol. The van der Waals surface area contributed by atoms with Crippen LogP contribution >= 0.6 is 15.9 Å². The van der Waals surface area contributed by atoms with Gasteiger partial charge in [-0.25, -0.2) is 4.79 Å². The molecule has 10 heteroatoms. The highest BCUT2D eigenvalue weighted by molar-refractivity contribution is 9.10. The summed E-state index contributed by atoms with van der Waals surface area (Å²) in [6.45, 7) is 0.0933. The molecule has 4 aliphatic carbocycles. The number of ether oxygens (including phenoxy) is 2. The van der Waals surface area contributed by atoms with Crippen LogP contribution in [0.25, 0.3) is 10.9 Å². The Labute approximate surface area is 288 Å². The Morgan fingerprint density at radius 2 is 1.50 bits per heavy atom. The lowest BCUT2D eigenvalue weighted by Gasteiger charge is -2.57. The molecule has 0 saturated heterocycles. The van der Waals surface area contributed by atoms with Gasteiger partial charge in [0, 0.05) is 33.5 Å². The van der Waals surface area contributed by atoms with Crippen LogP contribution in [0.15, 0.2) is 83.5 Å². The zero-order valence-electron chi connectivity index (χ0n) is 26.8. The number of carbonyl (C=O) groups excluding carboxylic acids is 3. The van der Waals surface area contributed by atoms with Crippen LogP contribution in [0.3, 0.4) is 0 Å². The van der Waals surface area contributed by atoms with Crippen LogP contribution < -0.4 is 21.1 Å². The third-order valence-corrected chi connectivity index (χ3v) is 10.9. The highest BCUT2D eigenvalue weighted by atomic mass is 79.9. The van der Waals surface area contributed by atoms with Crippen molar-refractivity contribution in [3.63, 3.8) is 0 Å². The van der Waals surface area contributed by atoms with E-state index in [1.54, 1.807) is 24.3 Å². The standard InChI is InChI=1S/C38H41BrN4O5/c39-29-9-5-24(6-10-29)22-47-37(46)48-30-11-7-23(8-12-30)16-32(40)35(44)42-34(17-28-21-41-33-4-2-1-3-31(28)33)36(45)43-38-18-25-13-26(19-38)15-27(14-25)20-38/h1-12,21,25-27,32,34,41H,13-20,22,40H2,(H,42,44)(H,43,45)/t25?,26?,27?,32-,34+,38?/m0/s1. The second-order valence-corrected chi connectivity index (χ2v) is 14.9. The molecule has 4 aromatic rings. The highest BCUT2D eigenvalue weighted by Gasteiger charge is 2.52. The molecule has 4 aliphatic rings. The molecule has 2 atom stereocenters. The van der Waals surface area contributed by atoms with Crippen molar-refractivity contribution in [3.05, 3.63) is 100 Å². The minimum Gasteiger partial charge on any atom is -0.429 e. The van der Waals surface area contributed by atoms with Gasteiger partial charge in [0.2, 0.25) is 11.8 Å². The van der Waals surface area contributed by atoms with E-state index in [0.29, 0.717) is 29.9 Å². The fraction of sp³-hybridized carbons (Fsp3) is 0.395. The summed E-state index contributed by atoms with van der Waals surface area (Å²) >= 11 is 3.38. The van der Waals surface area contributed by atoms with Crippen molar-refractivity contribution in [3.8, 4) is 5.75 Å². The number of hydrogen-bond acceptors (Lipinski definition) is 6. The Balaban J connectivity index is 0.979. The van der Waals surface area contributed by atoms with Crippen LogP contribution in [-0.4, -0.2) is 40.6 Å². The molecule has 4 bridgehead atoms. The van der Waals surface area contributed by atoms with Crippen molar-refractivity contribution >= 4 is 44.8 Å². The Bertz CT molecular complexity index is 1750. The molecule has 250 valence electrons. The first kappa shape index (κ1) is 32.4. The third kappa shape index (κ3) is 7.45. The molecule has 1 heterocycles. The predicted octanol–water partition coefficient (Wildman–Crippen LogP) is 6.33. The van der Waals surface area contributed by atoms with E-state index < -0.39 is 24.1 Å². The molecule has 3 aromatic carbocycles. The number of rotatable bonds is 11. The van der Waals surface area contributed by atoms with Crippen LogP contribution in [-0.2, 0) is 33.8 Å². The van der Waals surface area contributed by atoms with Crippen molar-refractivity contribution in [1.82, 2.24) is 15.6 Å². The van der Waals surface area contributed by atoms with Gasteiger partial charge in [-0.2, -0.15) is 0 Å². The summed E-state index contributed by atoms with van der Waals surface area (Å²) in [5.41, 5.74) is 9.83. The number of carbonyl (C=O) groups is 3. The maximum absolute atomic E-state index is 14.0. The maximum Gasteiger partial charge on any atom is 0.514 e. The van der Waals surface area contributed by atoms with E-state index in [1.165, 1.54) is 19.3 Å². The number of H-pyrrole nitrogens is 1. The number of halogens is 1. The van der Waals surface area contributed by atoms with E-state index in [9.17, 15) is 14.4 Å². The average Bonchev–Trinajstić information content (AvgIpc) is 3.47. The molecular formula is C38H41BrN4O5. The molecule has 0 aliphatic heterocycles. The number of nitrogens with two attached hydrogens (primary N) is 1. The normalized spacial score (nSPS) is 23.8. The van der Waals surface area contributed by atoms with Gasteiger partial charge in [-0.15, -0.1) is 0 Å². The predicted molar refractivity (Wildman–Crippen MR) is 186 cm³/mol. The van der Waals surface area contributed by atoms with Crippen LogP contribution in [0.2, 0.25) is 0 Å². The Morgan fingerprint density at radius 1 is 0.854 bits per heavy atom. The van der Waals surface area contributed by atoms with E-state index in [1.807, 2.05) is 54.7 Å². The van der Waals surface area contributed by atoms with Crippen molar-refractivity contribution in [2.24, 2.45) is 23.5 Å². The van der Waals surface area contributed by atoms with Crippen LogP contribution in [0.1, 0.15) is 55.2 Å². The number of hydrogen-bond donors (Lipinski definition) is 4. The molecule has 48 heavy (non-hydrogen) atoms. The number of nitrogens with one attached hydrogen (secondary N) is 3. The number of aromatic amines is 1. The minimum atomic E-state index is -0.884. The van der Waals surface area contributed by atoms with Crippen LogP contribution in [0, 0.1) is 17.8 Å². The van der Waals surface area contributed by atoms with E-state index in [4.69, 9.17) is 15.2 Å². The summed E-state index contributed by atoms with van der Waals surface area (Å²) in [4.78, 5) is 43.0. The molecule has 4 fully saturated rings. The third-order valence-electron chi connectivity index (χ3n) is 10.3. The molecule has 9 nitrogen and oxygen atoms in total. The molecule has 4 saturated carbocycles. The summed E-state index contributed by atoms with van der Waals surface area (Å²) in [6.07, 6.45) is 8.64. The van der Waals surface area contributed by atoms with Crippen molar-refractivity contribution in [2.45, 2.75) is 75.6 Å². The summed E-state index contributed by atoms with van der Waals surface area (Å²) in [7, 11) is 0. The molecule has 0 spiro atoms. The van der Waals surface area contributed by atoms with Gasteiger partial charge in [0.05, 0.1) is 6.04 Å². The lowest BCUT2D eigenvalue weighted by atomic mass is 9.53. The number of benzene rings is 3. The number of aromatic nitrogens is 1. The van der Waals surface area contributed by atoms with E-state index in [0.717, 1.165) is 51.3 Å². The first-order chi connectivity index (χ1) is 23.2. The molecule has 0 unspecified atom stereocenters. The summed E-state index contributed by atoms with van der Waals surface area (Å²) < 4.78 is 11.4. The van der Waals surface area contributed by atoms with Gasteiger partial charge >= 0.3 is 6.16 Å². The maximum atomic E-state index is 14.0. The molecular weight excluding hydrogens is 672 g/mol. The van der Waals surface area contributed by atoms with Gasteiger partial charge in [-0.05, 0) is 110 Å². The van der Waals surface area contributed by atoms with E-state index in [2.05, 4.69) is 31.5 Å². The second-order valence-electron chi connectivity index (χ2n) is 14.0. The minimum absolute atomic E-state index is 0.0933. The van der Waals surface area contributed by atoms with Gasteiger partial charge in [-0.3, -0.25) is 9.59 Å². The first-order valence-electron chi connectivity index (χ1n) is 16.8. The zero-order chi connectivity index (χ0) is 33.3. The summed E-state index contributed by atoms with van der Waals surface area (Å²) in [6, 6.07) is 20.6. The molecule has 0 radical (unpaired) electrons. The molecule has 8 rings (SSSR count).